The lowest BCUT2D eigenvalue weighted by Crippen LogP contribution is -2.05. The molecule has 0 saturated heterocycles. The van der Waals surface area contributed by atoms with E-state index in [-0.39, 0.29) is 0 Å². The number of nitrogens with zero attached hydrogens (tertiary/aromatic N) is 1. The van der Waals surface area contributed by atoms with Crippen molar-refractivity contribution < 1.29 is 0 Å². The Morgan fingerprint density at radius 2 is 2.12 bits per heavy atom. The number of aryl methyl sites for hydroxylation is 1. The van der Waals surface area contributed by atoms with Gasteiger partial charge in [-0.3, -0.25) is 0 Å². The van der Waals surface area contributed by atoms with Crippen molar-refractivity contribution in [1.29, 1.82) is 0 Å². The minimum Gasteiger partial charge on any atom is -0.346 e. The third-order valence-corrected chi connectivity index (χ3v) is 3.43. The summed E-state index contributed by atoms with van der Waals surface area (Å²) in [6, 6.07) is 6.07. The molecule has 0 aliphatic rings. The number of rotatable bonds is 3. The van der Waals surface area contributed by atoms with Crippen LogP contribution in [-0.4, -0.2) is 11.1 Å². The van der Waals surface area contributed by atoms with Gasteiger partial charge in [-0.05, 0) is 31.0 Å². The molecule has 3 heteroatoms. The molecule has 2 N–H and O–H groups in total. The number of hydrogen-bond donors (Lipinski definition) is 1. The number of hydrogen-bond acceptors (Lipinski definition) is 1. The number of halogens is 1. The predicted octanol–water partition coefficient (Wildman–Crippen LogP) is 2.90. The van der Waals surface area contributed by atoms with Gasteiger partial charge in [0.15, 0.2) is 0 Å². The fourth-order valence-electron chi connectivity index (χ4n) is 2.47. The average Bonchev–Trinajstić information content (AvgIpc) is 2.54. The van der Waals surface area contributed by atoms with E-state index in [1.165, 1.54) is 16.6 Å². The van der Waals surface area contributed by atoms with E-state index in [9.17, 15) is 0 Å². The molecular weight excluding hydrogens is 220 g/mol. The number of nitrogens with two attached hydrogens (primary N) is 1. The first-order valence-electron chi connectivity index (χ1n) is 5.65. The molecule has 1 aromatic carbocycles. The van der Waals surface area contributed by atoms with Gasteiger partial charge in [0.1, 0.15) is 0 Å². The standard InChI is InChI=1S/C13H17ClN2/c1-3-12-9(7-8-15)10-5-4-6-11(14)13(10)16(12)2/h4-6H,3,7-8,15H2,1-2H3. The normalized spacial score (nSPS) is 11.2. The van der Waals surface area contributed by atoms with E-state index in [4.69, 9.17) is 17.3 Å². The Morgan fingerprint density at radius 3 is 2.75 bits per heavy atom. The van der Waals surface area contributed by atoms with Crippen molar-refractivity contribution in [2.24, 2.45) is 12.8 Å². The summed E-state index contributed by atoms with van der Waals surface area (Å²) >= 11 is 6.25. The van der Waals surface area contributed by atoms with Crippen LogP contribution in [0.2, 0.25) is 5.02 Å². The second-order valence-corrected chi connectivity index (χ2v) is 4.42. The van der Waals surface area contributed by atoms with Crippen molar-refractivity contribution in [1.82, 2.24) is 4.57 Å². The zero-order chi connectivity index (χ0) is 11.7. The molecule has 2 rings (SSSR count). The Balaban J connectivity index is 2.80. The van der Waals surface area contributed by atoms with Crippen LogP contribution < -0.4 is 5.73 Å². The Morgan fingerprint density at radius 1 is 1.38 bits per heavy atom. The topological polar surface area (TPSA) is 30.9 Å². The summed E-state index contributed by atoms with van der Waals surface area (Å²) in [5.74, 6) is 0. The van der Waals surface area contributed by atoms with Gasteiger partial charge in [0.05, 0.1) is 10.5 Å². The molecule has 1 aromatic heterocycles. The van der Waals surface area contributed by atoms with Crippen LogP contribution in [0, 0.1) is 0 Å². The van der Waals surface area contributed by atoms with Crippen LogP contribution >= 0.6 is 11.6 Å². The Hall–Kier alpha value is -0.990. The number of para-hydroxylation sites is 1. The molecule has 0 fully saturated rings. The first-order chi connectivity index (χ1) is 7.70. The molecule has 0 unspecified atom stereocenters. The summed E-state index contributed by atoms with van der Waals surface area (Å²) < 4.78 is 2.20. The second-order valence-electron chi connectivity index (χ2n) is 4.01. The molecule has 0 radical (unpaired) electrons. The van der Waals surface area contributed by atoms with Crippen LogP contribution in [0.5, 0.6) is 0 Å². The number of fused-ring (bicyclic) bond motifs is 1. The quantitative estimate of drug-likeness (QED) is 0.873. The smallest absolute Gasteiger partial charge is 0.0672 e. The zero-order valence-electron chi connectivity index (χ0n) is 9.76. The van der Waals surface area contributed by atoms with Crippen molar-refractivity contribution in [3.8, 4) is 0 Å². The highest BCUT2D eigenvalue weighted by molar-refractivity contribution is 6.35. The van der Waals surface area contributed by atoms with E-state index in [0.717, 1.165) is 23.4 Å². The summed E-state index contributed by atoms with van der Waals surface area (Å²) in [6.45, 7) is 2.85. The summed E-state index contributed by atoms with van der Waals surface area (Å²) in [7, 11) is 2.08. The van der Waals surface area contributed by atoms with Gasteiger partial charge in [-0.1, -0.05) is 30.7 Å². The third-order valence-electron chi connectivity index (χ3n) is 3.13. The monoisotopic (exact) mass is 236 g/mol. The molecule has 0 aliphatic carbocycles. The van der Waals surface area contributed by atoms with Crippen molar-refractivity contribution in [2.75, 3.05) is 6.54 Å². The largest absolute Gasteiger partial charge is 0.346 e. The van der Waals surface area contributed by atoms with Gasteiger partial charge >= 0.3 is 0 Å². The maximum Gasteiger partial charge on any atom is 0.0672 e. The Labute approximate surface area is 101 Å². The van der Waals surface area contributed by atoms with Gasteiger partial charge in [0.25, 0.3) is 0 Å². The molecule has 0 atom stereocenters. The minimum atomic E-state index is 0.679. The van der Waals surface area contributed by atoms with Gasteiger partial charge < -0.3 is 10.3 Å². The van der Waals surface area contributed by atoms with E-state index in [1.54, 1.807) is 0 Å². The SMILES string of the molecule is CCc1c(CCN)c2cccc(Cl)c2n1C. The van der Waals surface area contributed by atoms with Crippen LogP contribution in [0.15, 0.2) is 18.2 Å². The molecular formula is C13H17ClN2. The molecule has 0 spiro atoms. The van der Waals surface area contributed by atoms with Crippen LogP contribution in [0.3, 0.4) is 0 Å². The van der Waals surface area contributed by atoms with E-state index >= 15 is 0 Å². The lowest BCUT2D eigenvalue weighted by atomic mass is 10.1. The summed E-state index contributed by atoms with van der Waals surface area (Å²) in [4.78, 5) is 0. The maximum absolute atomic E-state index is 6.25. The van der Waals surface area contributed by atoms with Gasteiger partial charge in [0, 0.05) is 18.1 Å². The van der Waals surface area contributed by atoms with Gasteiger partial charge in [-0.25, -0.2) is 0 Å². The van der Waals surface area contributed by atoms with E-state index < -0.39 is 0 Å². The van der Waals surface area contributed by atoms with Crippen molar-refractivity contribution >= 4 is 22.5 Å². The lowest BCUT2D eigenvalue weighted by molar-refractivity contribution is 0.835. The summed E-state index contributed by atoms with van der Waals surface area (Å²) in [6.07, 6.45) is 1.93. The number of benzene rings is 1. The third kappa shape index (κ3) is 1.62. The molecule has 2 nitrogen and oxygen atoms in total. The fourth-order valence-corrected chi connectivity index (χ4v) is 2.77. The zero-order valence-corrected chi connectivity index (χ0v) is 10.5. The van der Waals surface area contributed by atoms with Crippen molar-refractivity contribution in [3.63, 3.8) is 0 Å². The summed E-state index contributed by atoms with van der Waals surface area (Å²) in [5.41, 5.74) is 9.50. The van der Waals surface area contributed by atoms with Crippen molar-refractivity contribution in [3.05, 3.63) is 34.5 Å². The number of aromatic nitrogens is 1. The molecule has 0 aliphatic heterocycles. The van der Waals surface area contributed by atoms with E-state index in [1.807, 2.05) is 12.1 Å². The average molecular weight is 237 g/mol. The maximum atomic E-state index is 6.25. The molecule has 16 heavy (non-hydrogen) atoms. The lowest BCUT2D eigenvalue weighted by Gasteiger charge is -2.04. The van der Waals surface area contributed by atoms with Crippen LogP contribution in [-0.2, 0) is 19.9 Å². The van der Waals surface area contributed by atoms with Gasteiger partial charge in [-0.2, -0.15) is 0 Å². The van der Waals surface area contributed by atoms with Crippen LogP contribution in [0.4, 0.5) is 0 Å². The molecule has 0 saturated carbocycles. The first kappa shape index (κ1) is 11.5. The molecule has 1 heterocycles. The highest BCUT2D eigenvalue weighted by Crippen LogP contribution is 2.31. The fraction of sp³-hybridized carbons (Fsp3) is 0.385. The highest BCUT2D eigenvalue weighted by Gasteiger charge is 2.14. The van der Waals surface area contributed by atoms with Gasteiger partial charge in [0.2, 0.25) is 0 Å². The summed E-state index contributed by atoms with van der Waals surface area (Å²) in [5, 5.41) is 2.07. The Kier molecular flexibility index (Phi) is 3.22. The minimum absolute atomic E-state index is 0.679. The van der Waals surface area contributed by atoms with E-state index in [2.05, 4.69) is 24.6 Å². The predicted molar refractivity (Wildman–Crippen MR) is 70.1 cm³/mol. The Bertz CT molecular complexity index is 514. The van der Waals surface area contributed by atoms with Crippen molar-refractivity contribution in [2.45, 2.75) is 19.8 Å². The van der Waals surface area contributed by atoms with Crippen LogP contribution in [0.25, 0.3) is 10.9 Å². The van der Waals surface area contributed by atoms with Gasteiger partial charge in [-0.15, -0.1) is 0 Å². The molecule has 0 bridgehead atoms. The first-order valence-corrected chi connectivity index (χ1v) is 6.03. The molecule has 86 valence electrons. The molecule has 0 amide bonds. The van der Waals surface area contributed by atoms with E-state index in [0.29, 0.717) is 6.54 Å². The second kappa shape index (κ2) is 4.48. The van der Waals surface area contributed by atoms with Crippen LogP contribution in [0.1, 0.15) is 18.2 Å². The molecule has 2 aromatic rings. The highest BCUT2D eigenvalue weighted by atomic mass is 35.5.